The lowest BCUT2D eigenvalue weighted by molar-refractivity contribution is -0.384. The third-order valence-corrected chi connectivity index (χ3v) is 5.17. The second-order valence-electron chi connectivity index (χ2n) is 7.12. The van der Waals surface area contributed by atoms with Crippen LogP contribution in [0.15, 0.2) is 48.5 Å². The number of ether oxygens (including phenoxy) is 1. The summed E-state index contributed by atoms with van der Waals surface area (Å²) in [6.45, 7) is 0.199. The molecular weight excluding hydrogens is 438 g/mol. The number of carbonyl (C=O) groups excluding carboxylic acids is 2. The number of hydrogen-bond donors (Lipinski definition) is 2. The highest BCUT2D eigenvalue weighted by molar-refractivity contribution is 6.30. The van der Waals surface area contributed by atoms with E-state index in [1.165, 1.54) is 36.1 Å². The average molecular weight is 456 g/mol. The first kappa shape index (κ1) is 21.5. The summed E-state index contributed by atoms with van der Waals surface area (Å²) in [7, 11) is 1.54. The molecule has 32 heavy (non-hydrogen) atoms. The largest absolute Gasteiger partial charge is 0.378 e. The van der Waals surface area contributed by atoms with Gasteiger partial charge in [0.1, 0.15) is 11.9 Å². The third kappa shape index (κ3) is 4.18. The van der Waals surface area contributed by atoms with Crippen molar-refractivity contribution in [1.29, 1.82) is 0 Å². The van der Waals surface area contributed by atoms with Crippen LogP contribution in [-0.2, 0) is 20.9 Å². The van der Waals surface area contributed by atoms with Gasteiger partial charge in [0.15, 0.2) is 0 Å². The molecule has 2 amide bonds. The van der Waals surface area contributed by atoms with Crippen LogP contribution in [-0.4, -0.2) is 33.6 Å². The van der Waals surface area contributed by atoms with Crippen LogP contribution in [0.25, 0.3) is 11.1 Å². The standard InChI is InChI=1S/C21H18ClN5O5/c1-32-11-16-19(12-4-2-5-13(22)8-12)20-24-21(29)17(26(20)25-16)10-18(28)23-14-6-3-7-15(9-14)27(30)31/h2-9,17H,10-11H2,1H3,(H,23,28)(H,24,29). The number of aromatic nitrogens is 2. The number of nitrogens with zero attached hydrogens (tertiary/aromatic N) is 3. The number of nitrogens with one attached hydrogen (secondary N) is 2. The van der Waals surface area contributed by atoms with Crippen molar-refractivity contribution in [3.05, 3.63) is 69.4 Å². The summed E-state index contributed by atoms with van der Waals surface area (Å²) < 4.78 is 6.73. The fraction of sp³-hybridized carbons (Fsp3) is 0.190. The number of benzene rings is 2. The van der Waals surface area contributed by atoms with E-state index in [1.54, 1.807) is 18.2 Å². The van der Waals surface area contributed by atoms with Crippen LogP contribution in [0.1, 0.15) is 18.2 Å². The first-order chi connectivity index (χ1) is 15.4. The quantitative estimate of drug-likeness (QED) is 0.412. The fourth-order valence-corrected chi connectivity index (χ4v) is 3.78. The molecule has 2 N–H and O–H groups in total. The van der Waals surface area contributed by atoms with Crippen LogP contribution in [0.2, 0.25) is 5.02 Å². The van der Waals surface area contributed by atoms with Gasteiger partial charge in [-0.2, -0.15) is 5.10 Å². The van der Waals surface area contributed by atoms with Crippen LogP contribution in [0.4, 0.5) is 17.2 Å². The minimum atomic E-state index is -0.882. The maximum absolute atomic E-state index is 12.6. The van der Waals surface area contributed by atoms with Crippen molar-refractivity contribution in [2.45, 2.75) is 19.1 Å². The average Bonchev–Trinajstić information content (AvgIpc) is 3.23. The highest BCUT2D eigenvalue weighted by Gasteiger charge is 2.37. The minimum Gasteiger partial charge on any atom is -0.378 e. The van der Waals surface area contributed by atoms with Gasteiger partial charge in [-0.25, -0.2) is 4.68 Å². The van der Waals surface area contributed by atoms with Gasteiger partial charge >= 0.3 is 0 Å². The van der Waals surface area contributed by atoms with E-state index in [-0.39, 0.29) is 30.3 Å². The summed E-state index contributed by atoms with van der Waals surface area (Å²) in [4.78, 5) is 35.6. The number of rotatable bonds is 7. The number of nitro benzene ring substituents is 1. The van der Waals surface area contributed by atoms with Gasteiger partial charge in [-0.1, -0.05) is 29.8 Å². The van der Waals surface area contributed by atoms with Crippen LogP contribution in [0, 0.1) is 10.1 Å². The van der Waals surface area contributed by atoms with Crippen molar-refractivity contribution in [2.75, 3.05) is 17.7 Å². The molecule has 0 bridgehead atoms. The molecule has 0 radical (unpaired) electrons. The van der Waals surface area contributed by atoms with E-state index in [1.807, 2.05) is 6.07 Å². The predicted molar refractivity (Wildman–Crippen MR) is 117 cm³/mol. The van der Waals surface area contributed by atoms with Gasteiger partial charge in [0, 0.05) is 35.5 Å². The lowest BCUT2D eigenvalue weighted by Gasteiger charge is -2.10. The maximum atomic E-state index is 12.6. The SMILES string of the molecule is COCc1nn2c(c1-c1cccc(Cl)c1)NC(=O)C2CC(=O)Nc1cccc([N+](=O)[O-])c1. The van der Waals surface area contributed by atoms with Gasteiger partial charge in [0.2, 0.25) is 5.91 Å². The monoisotopic (exact) mass is 455 g/mol. The van der Waals surface area contributed by atoms with Crippen molar-refractivity contribution >= 4 is 40.6 Å². The zero-order valence-electron chi connectivity index (χ0n) is 16.9. The molecule has 164 valence electrons. The molecule has 1 aromatic heterocycles. The minimum absolute atomic E-state index is 0.147. The van der Waals surface area contributed by atoms with E-state index in [0.29, 0.717) is 22.1 Å². The molecule has 0 fully saturated rings. The summed E-state index contributed by atoms with van der Waals surface area (Å²) in [6.07, 6.45) is -0.204. The molecular formula is C21H18ClN5O5. The highest BCUT2D eigenvalue weighted by atomic mass is 35.5. The Bertz CT molecular complexity index is 1230. The van der Waals surface area contributed by atoms with Crippen LogP contribution < -0.4 is 10.6 Å². The maximum Gasteiger partial charge on any atom is 0.271 e. The van der Waals surface area contributed by atoms with E-state index in [4.69, 9.17) is 16.3 Å². The molecule has 0 saturated heterocycles. The highest BCUT2D eigenvalue weighted by Crippen LogP contribution is 2.39. The number of nitro groups is 1. The van der Waals surface area contributed by atoms with Crippen LogP contribution in [0.5, 0.6) is 0 Å². The van der Waals surface area contributed by atoms with Gasteiger partial charge in [-0.3, -0.25) is 19.7 Å². The summed E-state index contributed by atoms with van der Waals surface area (Å²) in [5.74, 6) is -0.405. The van der Waals surface area contributed by atoms with E-state index < -0.39 is 16.9 Å². The zero-order valence-corrected chi connectivity index (χ0v) is 17.6. The second-order valence-corrected chi connectivity index (χ2v) is 7.56. The smallest absolute Gasteiger partial charge is 0.271 e. The Hall–Kier alpha value is -3.76. The molecule has 11 heteroatoms. The van der Waals surface area contributed by atoms with E-state index in [0.717, 1.165) is 5.56 Å². The van der Waals surface area contributed by atoms with Crippen molar-refractivity contribution in [3.63, 3.8) is 0 Å². The van der Waals surface area contributed by atoms with Gasteiger partial charge in [-0.05, 0) is 23.8 Å². The Balaban J connectivity index is 1.61. The van der Waals surface area contributed by atoms with Crippen molar-refractivity contribution in [2.24, 2.45) is 0 Å². The number of carbonyl (C=O) groups is 2. The predicted octanol–water partition coefficient (Wildman–Crippen LogP) is 3.78. The van der Waals surface area contributed by atoms with E-state index in [9.17, 15) is 19.7 Å². The summed E-state index contributed by atoms with van der Waals surface area (Å²) in [5, 5.41) is 21.4. The molecule has 10 nitrogen and oxygen atoms in total. The lowest BCUT2D eigenvalue weighted by Crippen LogP contribution is -2.24. The molecule has 4 rings (SSSR count). The molecule has 1 atom stereocenters. The number of hydrogen-bond acceptors (Lipinski definition) is 6. The molecule has 2 heterocycles. The van der Waals surface area contributed by atoms with Gasteiger partial charge in [-0.15, -0.1) is 0 Å². The van der Waals surface area contributed by atoms with E-state index in [2.05, 4.69) is 15.7 Å². The molecule has 0 aliphatic carbocycles. The number of methoxy groups -OCH3 is 1. The Morgan fingerprint density at radius 3 is 2.81 bits per heavy atom. The number of anilines is 2. The first-order valence-corrected chi connectivity index (χ1v) is 9.96. The Labute approximate surface area is 187 Å². The third-order valence-electron chi connectivity index (χ3n) is 4.94. The number of non-ortho nitro benzene ring substituents is 1. The normalized spacial score (nSPS) is 14.7. The Kier molecular flexibility index (Phi) is 5.89. The molecule has 2 aromatic carbocycles. The topological polar surface area (TPSA) is 128 Å². The van der Waals surface area contributed by atoms with Gasteiger partial charge < -0.3 is 15.4 Å². The van der Waals surface area contributed by atoms with Crippen molar-refractivity contribution in [1.82, 2.24) is 9.78 Å². The zero-order chi connectivity index (χ0) is 22.8. The molecule has 1 unspecified atom stereocenters. The Morgan fingerprint density at radius 1 is 1.31 bits per heavy atom. The molecule has 3 aromatic rings. The number of amides is 2. The molecule has 1 aliphatic heterocycles. The lowest BCUT2D eigenvalue weighted by atomic mass is 10.1. The fourth-order valence-electron chi connectivity index (χ4n) is 3.59. The molecule has 0 saturated carbocycles. The number of fused-ring (bicyclic) bond motifs is 1. The van der Waals surface area contributed by atoms with Crippen LogP contribution >= 0.6 is 11.6 Å². The first-order valence-electron chi connectivity index (χ1n) is 9.59. The van der Waals surface area contributed by atoms with Gasteiger partial charge in [0.25, 0.3) is 11.6 Å². The van der Waals surface area contributed by atoms with E-state index >= 15 is 0 Å². The Morgan fingerprint density at radius 2 is 2.09 bits per heavy atom. The van der Waals surface area contributed by atoms with Crippen molar-refractivity contribution < 1.29 is 19.2 Å². The summed E-state index contributed by atoms with van der Waals surface area (Å²) in [6, 6.07) is 11.8. The number of halogens is 1. The van der Waals surface area contributed by atoms with Crippen molar-refractivity contribution in [3.8, 4) is 11.1 Å². The molecule has 1 aliphatic rings. The summed E-state index contributed by atoms with van der Waals surface area (Å²) in [5.41, 5.74) is 2.14. The van der Waals surface area contributed by atoms with Gasteiger partial charge in [0.05, 0.1) is 23.6 Å². The summed E-state index contributed by atoms with van der Waals surface area (Å²) >= 11 is 6.14. The second kappa shape index (κ2) is 8.77. The molecule has 0 spiro atoms. The van der Waals surface area contributed by atoms with Crippen LogP contribution in [0.3, 0.4) is 0 Å².